The number of carbonyl (C=O) groups excluding carboxylic acids is 2. The van der Waals surface area contributed by atoms with E-state index in [1.54, 1.807) is 18.2 Å². The van der Waals surface area contributed by atoms with Crippen molar-refractivity contribution >= 4 is 39.3 Å². The predicted molar refractivity (Wildman–Crippen MR) is 188 cm³/mol. The van der Waals surface area contributed by atoms with Crippen LogP contribution in [0.4, 0.5) is 10.5 Å². The fourth-order valence-corrected chi connectivity index (χ4v) is 8.75. The number of fused-ring (bicyclic) bond motifs is 4. The molecule has 1 spiro atoms. The Morgan fingerprint density at radius 1 is 1.18 bits per heavy atom. The number of halogens is 1. The summed E-state index contributed by atoms with van der Waals surface area (Å²) in [4.78, 5) is 30.4. The SMILES string of the molecule is CN(C)CCNC(=O)O[C@H]1/C=C/COC(C)(C)C(=O)NS(=O)(=O)c2ccc3c(c2)N(C[C@@H]2CC[C@H]21)C[C@@]1(CCCc2cc(Cl)ccc21)CO3. The molecule has 0 radical (unpaired) electrons. The van der Waals surface area contributed by atoms with Crippen molar-refractivity contribution in [3.8, 4) is 5.75 Å². The van der Waals surface area contributed by atoms with Gasteiger partial charge in [-0.2, -0.15) is 0 Å². The van der Waals surface area contributed by atoms with Gasteiger partial charge in [0.15, 0.2) is 0 Å². The molecule has 11 nitrogen and oxygen atoms in total. The number of likely N-dealkylation sites (N-methyl/N-ethyl adjacent to an activating group) is 1. The Balaban J connectivity index is 1.38. The quantitative estimate of drug-likeness (QED) is 0.435. The second-order valence-electron chi connectivity index (χ2n) is 14.5. The van der Waals surface area contributed by atoms with Crippen LogP contribution in [0.25, 0.3) is 0 Å². The number of aryl methyl sites for hydroxylation is 1. The second kappa shape index (κ2) is 14.1. The van der Waals surface area contributed by atoms with Crippen molar-refractivity contribution in [2.75, 3.05) is 58.4 Å². The first-order valence-corrected chi connectivity index (χ1v) is 18.9. The third-order valence-electron chi connectivity index (χ3n) is 10.4. The van der Waals surface area contributed by atoms with Gasteiger partial charge in [0.2, 0.25) is 0 Å². The fraction of sp³-hybridized carbons (Fsp3) is 0.556. The lowest BCUT2D eigenvalue weighted by atomic mass is 9.68. The van der Waals surface area contributed by atoms with E-state index in [0.29, 0.717) is 49.2 Å². The lowest BCUT2D eigenvalue weighted by Gasteiger charge is -2.46. The van der Waals surface area contributed by atoms with Gasteiger partial charge in [-0.05, 0) is 113 Å². The molecule has 0 saturated heterocycles. The third-order valence-corrected chi connectivity index (χ3v) is 11.9. The van der Waals surface area contributed by atoms with Crippen LogP contribution in [0, 0.1) is 11.8 Å². The van der Waals surface area contributed by atoms with E-state index in [2.05, 4.69) is 21.0 Å². The van der Waals surface area contributed by atoms with E-state index in [4.69, 9.17) is 25.8 Å². The predicted octanol–water partition coefficient (Wildman–Crippen LogP) is 4.67. The van der Waals surface area contributed by atoms with Crippen molar-refractivity contribution in [2.24, 2.45) is 11.8 Å². The molecule has 1 saturated carbocycles. The summed E-state index contributed by atoms with van der Waals surface area (Å²) in [6.45, 7) is 5.81. The number of sulfonamides is 1. The van der Waals surface area contributed by atoms with Gasteiger partial charge in [0.1, 0.15) is 17.5 Å². The number of benzene rings is 2. The summed E-state index contributed by atoms with van der Waals surface area (Å²) in [6, 6.07) is 10.8. The maximum Gasteiger partial charge on any atom is 0.407 e. The van der Waals surface area contributed by atoms with E-state index in [1.807, 2.05) is 37.2 Å². The van der Waals surface area contributed by atoms with Crippen LogP contribution in [0.5, 0.6) is 5.75 Å². The Morgan fingerprint density at radius 3 is 2.76 bits per heavy atom. The van der Waals surface area contributed by atoms with E-state index in [0.717, 1.165) is 32.1 Å². The van der Waals surface area contributed by atoms with Gasteiger partial charge >= 0.3 is 6.09 Å². The highest BCUT2D eigenvalue weighted by Crippen LogP contribution is 2.47. The number of hydrogen-bond acceptors (Lipinski definition) is 9. The molecule has 266 valence electrons. The molecule has 0 aromatic heterocycles. The Bertz CT molecular complexity index is 1710. The fourth-order valence-electron chi connectivity index (χ4n) is 7.43. The van der Waals surface area contributed by atoms with Crippen LogP contribution >= 0.6 is 11.6 Å². The molecule has 2 amide bonds. The van der Waals surface area contributed by atoms with Gasteiger partial charge in [-0.3, -0.25) is 4.79 Å². The number of carbonyl (C=O) groups is 2. The molecule has 2 aromatic carbocycles. The minimum absolute atomic E-state index is 0.0213. The average molecular weight is 715 g/mol. The number of nitrogens with zero attached hydrogens (tertiary/aromatic N) is 2. The normalized spacial score (nSPS) is 28.2. The number of hydrogen-bond donors (Lipinski definition) is 2. The van der Waals surface area contributed by atoms with Crippen molar-refractivity contribution in [2.45, 2.75) is 68.0 Å². The number of alkyl carbamates (subject to hydrolysis) is 1. The van der Waals surface area contributed by atoms with E-state index in [1.165, 1.54) is 31.0 Å². The Labute approximate surface area is 294 Å². The highest BCUT2D eigenvalue weighted by Gasteiger charge is 2.45. The van der Waals surface area contributed by atoms with Gasteiger partial charge in [-0.25, -0.2) is 17.9 Å². The van der Waals surface area contributed by atoms with E-state index in [9.17, 15) is 18.0 Å². The third kappa shape index (κ3) is 7.72. The van der Waals surface area contributed by atoms with Crippen LogP contribution in [0.2, 0.25) is 5.02 Å². The van der Waals surface area contributed by atoms with Crippen molar-refractivity contribution < 1.29 is 32.2 Å². The summed E-state index contributed by atoms with van der Waals surface area (Å²) in [6.07, 6.45) is 7.14. The zero-order valence-corrected chi connectivity index (χ0v) is 30.2. The van der Waals surface area contributed by atoms with Crippen molar-refractivity contribution in [3.63, 3.8) is 0 Å². The zero-order chi connectivity index (χ0) is 35.0. The van der Waals surface area contributed by atoms with Gasteiger partial charge in [-0.1, -0.05) is 23.7 Å². The van der Waals surface area contributed by atoms with Gasteiger partial charge in [0.05, 0.1) is 23.8 Å². The maximum atomic E-state index is 13.6. The zero-order valence-electron chi connectivity index (χ0n) is 28.7. The highest BCUT2D eigenvalue weighted by atomic mass is 35.5. The summed E-state index contributed by atoms with van der Waals surface area (Å²) in [5.74, 6) is -0.0461. The number of nitrogens with one attached hydrogen (secondary N) is 2. The molecule has 49 heavy (non-hydrogen) atoms. The van der Waals surface area contributed by atoms with Crippen molar-refractivity contribution in [1.82, 2.24) is 14.9 Å². The van der Waals surface area contributed by atoms with Crippen LogP contribution in [0.15, 0.2) is 53.4 Å². The number of ether oxygens (including phenoxy) is 3. The first-order valence-electron chi connectivity index (χ1n) is 17.0. The molecule has 2 aliphatic heterocycles. The number of rotatable bonds is 4. The molecule has 2 heterocycles. The summed E-state index contributed by atoms with van der Waals surface area (Å²) in [5.41, 5.74) is 1.25. The highest BCUT2D eigenvalue weighted by molar-refractivity contribution is 7.90. The molecule has 0 unspecified atom stereocenters. The molecule has 6 rings (SSSR count). The molecule has 2 bridgehead atoms. The summed E-state index contributed by atoms with van der Waals surface area (Å²) >= 11 is 6.43. The monoisotopic (exact) mass is 714 g/mol. The van der Waals surface area contributed by atoms with Gasteiger partial charge in [-0.15, -0.1) is 0 Å². The van der Waals surface area contributed by atoms with Crippen molar-refractivity contribution in [1.29, 1.82) is 0 Å². The average Bonchev–Trinajstić information content (AvgIpc) is 3.17. The van der Waals surface area contributed by atoms with Crippen LogP contribution in [0.1, 0.15) is 50.7 Å². The molecule has 2 aliphatic carbocycles. The molecular weight excluding hydrogens is 668 g/mol. The topological polar surface area (TPSA) is 127 Å². The first-order chi connectivity index (χ1) is 23.3. The second-order valence-corrected chi connectivity index (χ2v) is 16.6. The lowest BCUT2D eigenvalue weighted by molar-refractivity contribution is -0.139. The first kappa shape index (κ1) is 35.5. The Kier molecular flexibility index (Phi) is 10.2. The smallest absolute Gasteiger partial charge is 0.407 e. The number of anilines is 1. The van der Waals surface area contributed by atoms with Gasteiger partial charge < -0.3 is 29.3 Å². The summed E-state index contributed by atoms with van der Waals surface area (Å²) in [5, 5.41) is 3.55. The van der Waals surface area contributed by atoms with Gasteiger partial charge in [0, 0.05) is 42.5 Å². The van der Waals surface area contributed by atoms with E-state index in [-0.39, 0.29) is 28.8 Å². The lowest BCUT2D eigenvalue weighted by Crippen LogP contribution is -2.50. The molecule has 13 heteroatoms. The Morgan fingerprint density at radius 2 is 2.00 bits per heavy atom. The summed E-state index contributed by atoms with van der Waals surface area (Å²) < 4.78 is 47.9. The molecular formula is C36H47ClN4O7S. The number of amides is 2. The molecule has 4 aliphatic rings. The minimum atomic E-state index is -4.24. The van der Waals surface area contributed by atoms with Crippen molar-refractivity contribution in [3.05, 3.63) is 64.7 Å². The van der Waals surface area contributed by atoms with Crippen LogP contribution in [0.3, 0.4) is 0 Å². The summed E-state index contributed by atoms with van der Waals surface area (Å²) in [7, 11) is -0.361. The molecule has 4 atom stereocenters. The van der Waals surface area contributed by atoms with Crippen LogP contribution < -0.4 is 19.7 Å². The van der Waals surface area contributed by atoms with Crippen LogP contribution in [-0.4, -0.2) is 90.5 Å². The van der Waals surface area contributed by atoms with Crippen LogP contribution in [-0.2, 0) is 36.1 Å². The maximum absolute atomic E-state index is 13.6. The van der Waals surface area contributed by atoms with E-state index < -0.39 is 33.7 Å². The molecule has 1 fully saturated rings. The largest absolute Gasteiger partial charge is 0.490 e. The molecule has 2 N–H and O–H groups in total. The van der Waals surface area contributed by atoms with E-state index >= 15 is 0 Å². The van der Waals surface area contributed by atoms with Gasteiger partial charge in [0.25, 0.3) is 15.9 Å². The minimum Gasteiger partial charge on any atom is -0.490 e. The molecule has 2 aromatic rings. The Hall–Kier alpha value is -3.32. The standard InChI is InChI=1S/C36H47ClN4O7S/c1-35(2)33(42)39-49(44,45)27-11-14-32-30(20-27)41(22-36(23-46-32)15-5-7-24-19-26(37)10-13-29(24)36)21-25-9-12-28(25)31(8-6-18-47-35)48-34(43)38-16-17-40(3)4/h6,8,10-11,13-14,19-20,25,28,31H,5,7,9,12,15-18,21-23H2,1-4H3,(H,38,43)(H,39,42)/b8-6+/t25-,28+,31-,36-/m0/s1.